The fraction of sp³-hybridized carbons (Fsp3) is 0.588. The van der Waals surface area contributed by atoms with E-state index < -0.39 is 5.97 Å². The number of aryl methyl sites for hydroxylation is 2. The summed E-state index contributed by atoms with van der Waals surface area (Å²) in [5.74, 6) is -0.731. The van der Waals surface area contributed by atoms with E-state index in [0.29, 0.717) is 6.04 Å². The van der Waals surface area contributed by atoms with Gasteiger partial charge in [0.2, 0.25) is 0 Å². The lowest BCUT2D eigenvalue weighted by molar-refractivity contribution is -0.138. The van der Waals surface area contributed by atoms with Crippen molar-refractivity contribution in [2.75, 3.05) is 32.7 Å². The summed E-state index contributed by atoms with van der Waals surface area (Å²) in [6.07, 6.45) is 1.03. The second-order valence-electron chi connectivity index (χ2n) is 6.10. The maximum absolute atomic E-state index is 10.8. The van der Waals surface area contributed by atoms with Crippen molar-refractivity contribution >= 4 is 5.97 Å². The van der Waals surface area contributed by atoms with Crippen LogP contribution in [0.2, 0.25) is 0 Å². The lowest BCUT2D eigenvalue weighted by atomic mass is 9.99. The predicted octanol–water partition coefficient (Wildman–Crippen LogP) is 2.46. The van der Waals surface area contributed by atoms with E-state index in [-0.39, 0.29) is 6.54 Å². The van der Waals surface area contributed by atoms with E-state index in [1.807, 2.05) is 4.90 Å². The van der Waals surface area contributed by atoms with Crippen molar-refractivity contribution in [1.29, 1.82) is 0 Å². The number of hydrogen-bond acceptors (Lipinski definition) is 3. The maximum Gasteiger partial charge on any atom is 0.317 e. The van der Waals surface area contributed by atoms with Crippen molar-refractivity contribution in [3.05, 3.63) is 34.9 Å². The van der Waals surface area contributed by atoms with Crippen molar-refractivity contribution in [3.8, 4) is 0 Å². The molecule has 1 aliphatic rings. The van der Waals surface area contributed by atoms with E-state index >= 15 is 0 Å². The first-order chi connectivity index (χ1) is 9.97. The molecule has 1 aromatic rings. The first kappa shape index (κ1) is 16.0. The van der Waals surface area contributed by atoms with E-state index in [4.69, 9.17) is 5.11 Å². The van der Waals surface area contributed by atoms with E-state index in [1.54, 1.807) is 0 Å². The summed E-state index contributed by atoms with van der Waals surface area (Å²) < 4.78 is 0. The Labute approximate surface area is 127 Å². The van der Waals surface area contributed by atoms with Crippen LogP contribution in [0.25, 0.3) is 0 Å². The minimum Gasteiger partial charge on any atom is -0.480 e. The molecule has 0 aromatic heterocycles. The third kappa shape index (κ3) is 4.29. The number of carbonyl (C=O) groups is 1. The fourth-order valence-corrected chi connectivity index (χ4v) is 3.13. The molecule has 0 amide bonds. The van der Waals surface area contributed by atoms with E-state index in [2.05, 4.69) is 43.9 Å². The zero-order chi connectivity index (χ0) is 15.4. The van der Waals surface area contributed by atoms with Gasteiger partial charge in [0.05, 0.1) is 6.54 Å². The molecule has 1 atom stereocenters. The topological polar surface area (TPSA) is 43.8 Å². The number of nitrogens with zero attached hydrogens (tertiary/aromatic N) is 2. The molecule has 0 aliphatic carbocycles. The lowest BCUT2D eigenvalue weighted by Crippen LogP contribution is -2.35. The molecule has 0 bridgehead atoms. The Morgan fingerprint density at radius 1 is 1.24 bits per heavy atom. The number of carboxylic acids is 1. The molecule has 1 aliphatic heterocycles. The summed E-state index contributed by atoms with van der Waals surface area (Å²) >= 11 is 0. The highest BCUT2D eigenvalue weighted by molar-refractivity contribution is 5.69. The average molecular weight is 290 g/mol. The molecule has 0 spiro atoms. The quantitative estimate of drug-likeness (QED) is 0.925. The molecule has 116 valence electrons. The van der Waals surface area contributed by atoms with Gasteiger partial charge in [-0.05, 0) is 38.3 Å². The molecular formula is C17H26N2O2. The molecule has 2 rings (SSSR count). The number of hydrogen-bond donors (Lipinski definition) is 1. The SMILES string of the molecule is Cc1ccc(C)c(C(C)N2CCCN(CC(=O)O)CC2)c1. The molecule has 21 heavy (non-hydrogen) atoms. The highest BCUT2D eigenvalue weighted by Gasteiger charge is 2.22. The lowest BCUT2D eigenvalue weighted by Gasteiger charge is -2.29. The molecule has 1 unspecified atom stereocenters. The summed E-state index contributed by atoms with van der Waals surface area (Å²) in [7, 11) is 0. The minimum absolute atomic E-state index is 0.158. The van der Waals surface area contributed by atoms with Gasteiger partial charge in [-0.3, -0.25) is 14.6 Å². The second kappa shape index (κ2) is 7.05. The molecular weight excluding hydrogens is 264 g/mol. The highest BCUT2D eigenvalue weighted by atomic mass is 16.4. The largest absolute Gasteiger partial charge is 0.480 e. The first-order valence-corrected chi connectivity index (χ1v) is 7.72. The van der Waals surface area contributed by atoms with Crippen LogP contribution in [0.3, 0.4) is 0 Å². The van der Waals surface area contributed by atoms with Crippen LogP contribution in [0, 0.1) is 13.8 Å². The maximum atomic E-state index is 10.8. The highest BCUT2D eigenvalue weighted by Crippen LogP contribution is 2.25. The Morgan fingerprint density at radius 3 is 2.71 bits per heavy atom. The van der Waals surface area contributed by atoms with Crippen molar-refractivity contribution in [2.24, 2.45) is 0 Å². The van der Waals surface area contributed by atoms with Gasteiger partial charge in [-0.2, -0.15) is 0 Å². The number of aliphatic carboxylic acids is 1. The van der Waals surface area contributed by atoms with Crippen molar-refractivity contribution in [1.82, 2.24) is 9.80 Å². The second-order valence-corrected chi connectivity index (χ2v) is 6.10. The smallest absolute Gasteiger partial charge is 0.317 e. The van der Waals surface area contributed by atoms with Gasteiger partial charge in [-0.15, -0.1) is 0 Å². The zero-order valence-corrected chi connectivity index (χ0v) is 13.3. The summed E-state index contributed by atoms with van der Waals surface area (Å²) in [6.45, 7) is 10.4. The standard InChI is InChI=1S/C17H26N2O2/c1-13-5-6-14(2)16(11-13)15(3)19-8-4-7-18(9-10-19)12-17(20)21/h5-6,11,15H,4,7-10,12H2,1-3H3,(H,20,21). The van der Waals surface area contributed by atoms with Crippen LogP contribution in [0.15, 0.2) is 18.2 Å². The van der Waals surface area contributed by atoms with Crippen molar-refractivity contribution in [3.63, 3.8) is 0 Å². The summed E-state index contributed by atoms with van der Waals surface area (Å²) in [4.78, 5) is 15.4. The zero-order valence-electron chi connectivity index (χ0n) is 13.3. The minimum atomic E-state index is -0.731. The van der Waals surface area contributed by atoms with Crippen LogP contribution < -0.4 is 0 Å². The summed E-state index contributed by atoms with van der Waals surface area (Å²) in [5.41, 5.74) is 4.02. The van der Waals surface area contributed by atoms with Gasteiger partial charge in [0, 0.05) is 32.2 Å². The van der Waals surface area contributed by atoms with Crippen LogP contribution in [0.5, 0.6) is 0 Å². The van der Waals surface area contributed by atoms with Crippen LogP contribution in [-0.2, 0) is 4.79 Å². The van der Waals surface area contributed by atoms with Gasteiger partial charge in [0.1, 0.15) is 0 Å². The van der Waals surface area contributed by atoms with Gasteiger partial charge in [-0.1, -0.05) is 23.8 Å². The van der Waals surface area contributed by atoms with Crippen LogP contribution >= 0.6 is 0 Å². The Balaban J connectivity index is 2.04. The number of benzene rings is 1. The molecule has 4 nitrogen and oxygen atoms in total. The van der Waals surface area contributed by atoms with Crippen LogP contribution in [0.4, 0.5) is 0 Å². The van der Waals surface area contributed by atoms with Crippen LogP contribution in [0.1, 0.15) is 36.1 Å². The Hall–Kier alpha value is -1.39. The Morgan fingerprint density at radius 2 is 2.00 bits per heavy atom. The Kier molecular flexibility index (Phi) is 5.37. The molecule has 1 N–H and O–H groups in total. The molecule has 0 saturated carbocycles. The van der Waals surface area contributed by atoms with Crippen molar-refractivity contribution < 1.29 is 9.90 Å². The first-order valence-electron chi connectivity index (χ1n) is 7.72. The van der Waals surface area contributed by atoms with E-state index in [9.17, 15) is 4.79 Å². The van der Waals surface area contributed by atoms with Crippen LogP contribution in [-0.4, -0.2) is 53.6 Å². The average Bonchev–Trinajstić information content (AvgIpc) is 2.66. The van der Waals surface area contributed by atoms with E-state index in [0.717, 1.165) is 32.6 Å². The van der Waals surface area contributed by atoms with Crippen molar-refractivity contribution in [2.45, 2.75) is 33.2 Å². The molecule has 1 aromatic carbocycles. The molecule has 0 radical (unpaired) electrons. The summed E-state index contributed by atoms with van der Waals surface area (Å²) in [6, 6.07) is 7.01. The van der Waals surface area contributed by atoms with Gasteiger partial charge < -0.3 is 5.11 Å². The molecule has 4 heteroatoms. The third-order valence-electron chi connectivity index (χ3n) is 4.41. The normalized spacial score (nSPS) is 19.2. The fourth-order valence-electron chi connectivity index (χ4n) is 3.13. The van der Waals surface area contributed by atoms with Gasteiger partial charge in [0.25, 0.3) is 0 Å². The number of rotatable bonds is 4. The molecule has 1 saturated heterocycles. The third-order valence-corrected chi connectivity index (χ3v) is 4.41. The van der Waals surface area contributed by atoms with E-state index in [1.165, 1.54) is 16.7 Å². The number of carboxylic acid groups (broad SMARTS) is 1. The van der Waals surface area contributed by atoms with Gasteiger partial charge in [-0.25, -0.2) is 0 Å². The monoisotopic (exact) mass is 290 g/mol. The van der Waals surface area contributed by atoms with Gasteiger partial charge in [0.15, 0.2) is 0 Å². The predicted molar refractivity (Wildman–Crippen MR) is 84.6 cm³/mol. The van der Waals surface area contributed by atoms with Gasteiger partial charge >= 0.3 is 5.97 Å². The molecule has 1 heterocycles. The Bertz CT molecular complexity index is 502. The summed E-state index contributed by atoms with van der Waals surface area (Å²) in [5, 5.41) is 8.92. The molecule has 1 fully saturated rings.